The number of hydrogen-bond donors (Lipinski definition) is 1. The molecule has 0 radical (unpaired) electrons. The second-order valence-corrected chi connectivity index (χ2v) is 4.93. The molecule has 1 aromatic carbocycles. The average Bonchev–Trinajstić information content (AvgIpc) is 2.85. The molecule has 0 saturated heterocycles. The minimum atomic E-state index is -0.950. The van der Waals surface area contributed by atoms with Crippen molar-refractivity contribution in [2.45, 2.75) is 6.54 Å². The van der Waals surface area contributed by atoms with E-state index in [1.54, 1.807) is 10.8 Å². The van der Waals surface area contributed by atoms with Gasteiger partial charge in [-0.15, -0.1) is 0 Å². The Balaban J connectivity index is 2.30. The molecule has 22 heavy (non-hydrogen) atoms. The van der Waals surface area contributed by atoms with E-state index < -0.39 is 5.97 Å². The lowest BCUT2D eigenvalue weighted by molar-refractivity contribution is -0.137. The van der Waals surface area contributed by atoms with Crippen LogP contribution < -0.4 is 0 Å². The van der Waals surface area contributed by atoms with Gasteiger partial charge in [-0.1, -0.05) is 18.2 Å². The van der Waals surface area contributed by atoms with Crippen LogP contribution in [0, 0.1) is 11.3 Å². The van der Waals surface area contributed by atoms with E-state index in [0.29, 0.717) is 11.3 Å². The van der Waals surface area contributed by atoms with Gasteiger partial charge in [-0.25, -0.2) is 9.97 Å². The zero-order valence-electron chi connectivity index (χ0n) is 11.2. The topological polar surface area (TPSA) is 91.8 Å². The van der Waals surface area contributed by atoms with E-state index in [9.17, 15) is 10.1 Å². The second kappa shape index (κ2) is 5.47. The molecule has 0 unspecified atom stereocenters. The highest BCUT2D eigenvalue weighted by Gasteiger charge is 2.16. The number of benzene rings is 1. The Labute approximate surface area is 130 Å². The summed E-state index contributed by atoms with van der Waals surface area (Å²) in [5.41, 5.74) is 2.07. The first-order chi connectivity index (χ1) is 10.6. The third kappa shape index (κ3) is 2.38. The van der Waals surface area contributed by atoms with Crippen molar-refractivity contribution < 1.29 is 9.90 Å². The van der Waals surface area contributed by atoms with Crippen molar-refractivity contribution in [3.05, 3.63) is 47.5 Å². The van der Waals surface area contributed by atoms with Gasteiger partial charge in [0.25, 0.3) is 0 Å². The van der Waals surface area contributed by atoms with Crippen molar-refractivity contribution in [2.24, 2.45) is 0 Å². The molecular weight excluding hydrogens is 304 g/mol. The van der Waals surface area contributed by atoms with Gasteiger partial charge in [-0.05, 0) is 17.7 Å². The minimum absolute atomic E-state index is 0.0315. The number of nitrogens with zero attached hydrogens (tertiary/aromatic N) is 4. The molecular formula is C15H9ClN4O2. The lowest BCUT2D eigenvalue weighted by Gasteiger charge is -2.01. The quantitative estimate of drug-likeness (QED) is 0.751. The third-order valence-corrected chi connectivity index (χ3v) is 3.41. The predicted octanol–water partition coefficient (Wildman–Crippen LogP) is 2.71. The smallest absolute Gasteiger partial charge is 0.323 e. The number of halogens is 1. The Hall–Kier alpha value is -2.91. The summed E-state index contributed by atoms with van der Waals surface area (Å²) < 4.78 is 1.60. The van der Waals surface area contributed by atoms with Crippen molar-refractivity contribution >= 4 is 28.5 Å². The maximum absolute atomic E-state index is 11.0. The van der Waals surface area contributed by atoms with Gasteiger partial charge >= 0.3 is 5.97 Å². The fourth-order valence-electron chi connectivity index (χ4n) is 2.36. The number of fused-ring (bicyclic) bond motifs is 1. The molecule has 0 saturated carbocycles. The molecule has 7 heteroatoms. The van der Waals surface area contributed by atoms with Crippen LogP contribution in [0.2, 0.25) is 5.28 Å². The standard InChI is InChI=1S/C15H9ClN4O2/c16-15-18-6-9(5-17)14(19-15)11-7-20(8-13(21)22)12-4-2-1-3-10(11)12/h1-4,6-7H,8H2,(H,21,22). The van der Waals surface area contributed by atoms with Gasteiger partial charge in [0.05, 0.1) is 17.5 Å². The summed E-state index contributed by atoms with van der Waals surface area (Å²) in [5.74, 6) is -0.950. The van der Waals surface area contributed by atoms with Crippen LogP contribution in [0.1, 0.15) is 5.56 Å². The molecule has 0 fully saturated rings. The summed E-state index contributed by atoms with van der Waals surface area (Å²) in [5, 5.41) is 19.1. The SMILES string of the molecule is N#Cc1cnc(Cl)nc1-c1cn(CC(=O)O)c2ccccc12. The number of carboxylic acid groups (broad SMARTS) is 1. The van der Waals surface area contributed by atoms with E-state index in [1.807, 2.05) is 30.3 Å². The summed E-state index contributed by atoms with van der Waals surface area (Å²) >= 11 is 5.83. The Kier molecular flexibility index (Phi) is 3.49. The first kappa shape index (κ1) is 14.0. The zero-order valence-corrected chi connectivity index (χ0v) is 11.9. The summed E-state index contributed by atoms with van der Waals surface area (Å²) in [6.07, 6.45) is 3.02. The van der Waals surface area contributed by atoms with Crippen molar-refractivity contribution in [1.29, 1.82) is 5.26 Å². The number of hydrogen-bond acceptors (Lipinski definition) is 4. The number of aliphatic carboxylic acids is 1. The molecule has 3 aromatic rings. The van der Waals surface area contributed by atoms with Gasteiger partial charge in [-0.3, -0.25) is 4.79 Å². The Morgan fingerprint density at radius 1 is 1.41 bits per heavy atom. The van der Waals surface area contributed by atoms with Crippen LogP contribution in [0.25, 0.3) is 22.2 Å². The number of rotatable bonds is 3. The van der Waals surface area contributed by atoms with Crippen LogP contribution in [-0.2, 0) is 11.3 Å². The van der Waals surface area contributed by atoms with E-state index in [0.717, 1.165) is 10.9 Å². The predicted molar refractivity (Wildman–Crippen MR) is 80.3 cm³/mol. The summed E-state index contributed by atoms with van der Waals surface area (Å²) in [6, 6.07) is 9.35. The Bertz CT molecular complexity index is 927. The first-order valence-electron chi connectivity index (χ1n) is 6.33. The molecule has 1 N–H and O–H groups in total. The molecule has 0 aliphatic heterocycles. The molecule has 0 spiro atoms. The Morgan fingerprint density at radius 3 is 2.91 bits per heavy atom. The van der Waals surface area contributed by atoms with Crippen molar-refractivity contribution in [2.75, 3.05) is 0 Å². The fourth-order valence-corrected chi connectivity index (χ4v) is 2.49. The van der Waals surface area contributed by atoms with E-state index in [2.05, 4.69) is 9.97 Å². The van der Waals surface area contributed by atoms with Crippen LogP contribution in [0.3, 0.4) is 0 Å². The second-order valence-electron chi connectivity index (χ2n) is 4.59. The fraction of sp³-hybridized carbons (Fsp3) is 0.0667. The molecule has 0 bridgehead atoms. The summed E-state index contributed by atoms with van der Waals surface area (Å²) in [7, 11) is 0. The van der Waals surface area contributed by atoms with Crippen LogP contribution >= 0.6 is 11.6 Å². The molecule has 0 amide bonds. The van der Waals surface area contributed by atoms with Crippen LogP contribution in [0.4, 0.5) is 0 Å². The normalized spacial score (nSPS) is 10.5. The van der Waals surface area contributed by atoms with E-state index in [4.69, 9.17) is 16.7 Å². The van der Waals surface area contributed by atoms with Gasteiger partial charge in [-0.2, -0.15) is 5.26 Å². The monoisotopic (exact) mass is 312 g/mol. The lowest BCUT2D eigenvalue weighted by atomic mass is 10.1. The van der Waals surface area contributed by atoms with Gasteiger partial charge in [0.1, 0.15) is 12.6 Å². The summed E-state index contributed by atoms with van der Waals surface area (Å²) in [6.45, 7) is -0.179. The zero-order chi connectivity index (χ0) is 15.7. The minimum Gasteiger partial charge on any atom is -0.480 e. The first-order valence-corrected chi connectivity index (χ1v) is 6.70. The van der Waals surface area contributed by atoms with Crippen molar-refractivity contribution in [3.63, 3.8) is 0 Å². The third-order valence-electron chi connectivity index (χ3n) is 3.23. The lowest BCUT2D eigenvalue weighted by Crippen LogP contribution is -2.07. The molecule has 0 aliphatic rings. The number of aromatic nitrogens is 3. The molecule has 2 aromatic heterocycles. The molecule has 6 nitrogen and oxygen atoms in total. The van der Waals surface area contributed by atoms with E-state index in [1.165, 1.54) is 6.20 Å². The largest absolute Gasteiger partial charge is 0.480 e. The number of carboxylic acids is 1. The van der Waals surface area contributed by atoms with Crippen LogP contribution in [0.5, 0.6) is 0 Å². The van der Waals surface area contributed by atoms with Crippen LogP contribution in [0.15, 0.2) is 36.7 Å². The highest BCUT2D eigenvalue weighted by molar-refractivity contribution is 6.28. The number of nitriles is 1. The van der Waals surface area contributed by atoms with Crippen molar-refractivity contribution in [3.8, 4) is 17.3 Å². The Morgan fingerprint density at radius 2 is 2.18 bits per heavy atom. The van der Waals surface area contributed by atoms with Gasteiger partial charge in [0.2, 0.25) is 5.28 Å². The molecule has 0 aliphatic carbocycles. The highest BCUT2D eigenvalue weighted by atomic mass is 35.5. The van der Waals surface area contributed by atoms with E-state index >= 15 is 0 Å². The molecule has 0 atom stereocenters. The van der Waals surface area contributed by atoms with Gasteiger partial charge < -0.3 is 9.67 Å². The van der Waals surface area contributed by atoms with Gasteiger partial charge in [0, 0.05) is 22.7 Å². The maximum atomic E-state index is 11.0. The number of carbonyl (C=O) groups is 1. The maximum Gasteiger partial charge on any atom is 0.323 e. The average molecular weight is 313 g/mol. The molecule has 108 valence electrons. The highest BCUT2D eigenvalue weighted by Crippen LogP contribution is 2.31. The summed E-state index contributed by atoms with van der Waals surface area (Å²) in [4.78, 5) is 18.9. The molecule has 2 heterocycles. The van der Waals surface area contributed by atoms with Crippen LogP contribution in [-0.4, -0.2) is 25.6 Å². The number of para-hydroxylation sites is 1. The van der Waals surface area contributed by atoms with Gasteiger partial charge in [0.15, 0.2) is 0 Å². The molecule has 3 rings (SSSR count). The van der Waals surface area contributed by atoms with Crippen molar-refractivity contribution in [1.82, 2.24) is 14.5 Å². The van der Waals surface area contributed by atoms with E-state index in [-0.39, 0.29) is 17.4 Å².